The highest BCUT2D eigenvalue weighted by molar-refractivity contribution is 5.81. The van der Waals surface area contributed by atoms with Crippen LogP contribution in [0.1, 0.15) is 33.6 Å². The summed E-state index contributed by atoms with van der Waals surface area (Å²) in [6.45, 7) is 5.75. The molecular formula is C9H19NO3. The lowest BCUT2D eigenvalue weighted by Crippen LogP contribution is -2.24. The molecule has 0 saturated carbocycles. The molecule has 0 rings (SSSR count). The van der Waals surface area contributed by atoms with Crippen LogP contribution in [0, 0.1) is 5.92 Å². The number of carboxylic acid groups (broad SMARTS) is 1. The lowest BCUT2D eigenvalue weighted by molar-refractivity contribution is -0.144. The molecule has 0 saturated heterocycles. The monoisotopic (exact) mass is 189 g/mol. The Bertz CT molecular complexity index is 157. The van der Waals surface area contributed by atoms with E-state index in [9.17, 15) is 9.59 Å². The maximum absolute atomic E-state index is 10.7. The first kappa shape index (κ1) is 14.5. The van der Waals surface area contributed by atoms with Crippen LogP contribution in [-0.2, 0) is 9.59 Å². The van der Waals surface area contributed by atoms with Gasteiger partial charge in [0.2, 0.25) is 5.91 Å². The van der Waals surface area contributed by atoms with E-state index in [1.54, 1.807) is 6.92 Å². The van der Waals surface area contributed by atoms with E-state index in [4.69, 9.17) is 5.11 Å². The van der Waals surface area contributed by atoms with Crippen molar-refractivity contribution in [3.8, 4) is 0 Å². The molecule has 0 heterocycles. The molecule has 0 fully saturated rings. The lowest BCUT2D eigenvalue weighted by atomic mass is 10.0. The van der Waals surface area contributed by atoms with Gasteiger partial charge in [-0.25, -0.2) is 0 Å². The fourth-order valence-electron chi connectivity index (χ4n) is 0.732. The first-order chi connectivity index (χ1) is 6.11. The second-order valence-corrected chi connectivity index (χ2v) is 2.32. The van der Waals surface area contributed by atoms with Crippen molar-refractivity contribution in [1.82, 2.24) is 5.32 Å². The van der Waals surface area contributed by atoms with Crippen molar-refractivity contribution in [3.05, 3.63) is 0 Å². The van der Waals surface area contributed by atoms with Crippen LogP contribution in [0.4, 0.5) is 0 Å². The Morgan fingerprint density at radius 3 is 2.08 bits per heavy atom. The van der Waals surface area contributed by atoms with Crippen LogP contribution < -0.4 is 5.32 Å². The van der Waals surface area contributed by atoms with Gasteiger partial charge in [0, 0.05) is 13.5 Å². The maximum atomic E-state index is 10.7. The first-order valence-corrected chi connectivity index (χ1v) is 4.55. The Hall–Kier alpha value is -1.06. The van der Waals surface area contributed by atoms with Crippen LogP contribution in [-0.4, -0.2) is 24.0 Å². The zero-order valence-corrected chi connectivity index (χ0v) is 8.76. The molecule has 1 amide bonds. The predicted molar refractivity (Wildman–Crippen MR) is 51.4 cm³/mol. The highest BCUT2D eigenvalue weighted by Gasteiger charge is 2.17. The number of hydrogen-bond donors (Lipinski definition) is 2. The topological polar surface area (TPSA) is 66.4 Å². The van der Waals surface area contributed by atoms with Crippen molar-refractivity contribution in [3.63, 3.8) is 0 Å². The molecule has 0 aromatic heterocycles. The second-order valence-electron chi connectivity index (χ2n) is 2.32. The molecule has 4 heteroatoms. The summed E-state index contributed by atoms with van der Waals surface area (Å²) in [5, 5.41) is 10.9. The molecule has 0 spiro atoms. The van der Waals surface area contributed by atoms with Gasteiger partial charge in [-0.05, 0) is 6.42 Å². The lowest BCUT2D eigenvalue weighted by Gasteiger charge is -2.06. The molecule has 4 nitrogen and oxygen atoms in total. The van der Waals surface area contributed by atoms with Gasteiger partial charge in [-0.3, -0.25) is 9.59 Å². The summed E-state index contributed by atoms with van der Waals surface area (Å²) in [5.74, 6) is -1.68. The van der Waals surface area contributed by atoms with Crippen LogP contribution in [0.25, 0.3) is 0 Å². The molecule has 1 atom stereocenters. The summed E-state index contributed by atoms with van der Waals surface area (Å²) in [6.07, 6.45) is 0.561. The van der Waals surface area contributed by atoms with Gasteiger partial charge in [-0.15, -0.1) is 0 Å². The number of carbonyl (C=O) groups excluding carboxylic acids is 1. The first-order valence-electron chi connectivity index (χ1n) is 4.55. The maximum Gasteiger partial charge on any atom is 0.307 e. The Morgan fingerprint density at radius 1 is 1.38 bits per heavy atom. The van der Waals surface area contributed by atoms with Crippen molar-refractivity contribution < 1.29 is 14.7 Å². The Labute approximate surface area is 79.3 Å². The molecule has 1 unspecified atom stereocenters. The van der Waals surface area contributed by atoms with Gasteiger partial charge >= 0.3 is 5.97 Å². The van der Waals surface area contributed by atoms with E-state index in [2.05, 4.69) is 5.32 Å². The minimum Gasteiger partial charge on any atom is -0.481 e. The van der Waals surface area contributed by atoms with E-state index in [1.807, 2.05) is 13.8 Å². The number of hydrogen-bond acceptors (Lipinski definition) is 2. The average molecular weight is 189 g/mol. The molecule has 0 aromatic rings. The zero-order valence-electron chi connectivity index (χ0n) is 8.76. The van der Waals surface area contributed by atoms with Gasteiger partial charge in [0.15, 0.2) is 0 Å². The predicted octanol–water partition coefficient (Wildman–Crippen LogP) is 1.26. The van der Waals surface area contributed by atoms with Gasteiger partial charge in [0.1, 0.15) is 0 Å². The van der Waals surface area contributed by atoms with Crippen LogP contribution in [0.3, 0.4) is 0 Å². The minimum atomic E-state index is -0.906. The smallest absolute Gasteiger partial charge is 0.307 e. The Morgan fingerprint density at radius 2 is 1.85 bits per heavy atom. The van der Waals surface area contributed by atoms with Crippen LogP contribution in [0.15, 0.2) is 0 Å². The molecule has 0 aliphatic carbocycles. The van der Waals surface area contributed by atoms with E-state index >= 15 is 0 Å². The Kier molecular flexibility index (Phi) is 10.0. The van der Waals surface area contributed by atoms with E-state index in [-0.39, 0.29) is 12.3 Å². The number of amides is 1. The largest absolute Gasteiger partial charge is 0.481 e. The van der Waals surface area contributed by atoms with Crippen LogP contribution in [0.2, 0.25) is 0 Å². The molecule has 0 aliphatic rings. The summed E-state index contributed by atoms with van der Waals surface area (Å²) in [4.78, 5) is 21.1. The SMILES string of the molecule is CC.CCC(CC(=O)NC)C(=O)O. The molecule has 0 radical (unpaired) electrons. The number of rotatable bonds is 4. The van der Waals surface area contributed by atoms with E-state index < -0.39 is 11.9 Å². The van der Waals surface area contributed by atoms with Crippen molar-refractivity contribution in [2.45, 2.75) is 33.6 Å². The van der Waals surface area contributed by atoms with Gasteiger partial charge < -0.3 is 10.4 Å². The summed E-state index contributed by atoms with van der Waals surface area (Å²) in [5.41, 5.74) is 0. The third-order valence-corrected chi connectivity index (χ3v) is 1.55. The van der Waals surface area contributed by atoms with Crippen LogP contribution >= 0.6 is 0 Å². The molecule has 0 aromatic carbocycles. The third-order valence-electron chi connectivity index (χ3n) is 1.55. The third kappa shape index (κ3) is 7.31. The molecule has 2 N–H and O–H groups in total. The number of nitrogens with one attached hydrogen (secondary N) is 1. The van der Waals surface area contributed by atoms with Crippen molar-refractivity contribution >= 4 is 11.9 Å². The highest BCUT2D eigenvalue weighted by atomic mass is 16.4. The number of aliphatic carboxylic acids is 1. The quantitative estimate of drug-likeness (QED) is 0.699. The fourth-order valence-corrected chi connectivity index (χ4v) is 0.732. The molecular weight excluding hydrogens is 170 g/mol. The van der Waals surface area contributed by atoms with Gasteiger partial charge in [0.05, 0.1) is 5.92 Å². The highest BCUT2D eigenvalue weighted by Crippen LogP contribution is 2.07. The fraction of sp³-hybridized carbons (Fsp3) is 0.778. The van der Waals surface area contributed by atoms with Gasteiger partial charge in [-0.1, -0.05) is 20.8 Å². The van der Waals surface area contributed by atoms with Crippen molar-refractivity contribution in [2.24, 2.45) is 5.92 Å². The number of carbonyl (C=O) groups is 2. The molecule has 0 aliphatic heterocycles. The molecule has 78 valence electrons. The molecule has 0 bridgehead atoms. The zero-order chi connectivity index (χ0) is 10.9. The summed E-state index contributed by atoms with van der Waals surface area (Å²) >= 11 is 0. The summed E-state index contributed by atoms with van der Waals surface area (Å²) in [6, 6.07) is 0. The normalized spacial score (nSPS) is 10.8. The van der Waals surface area contributed by atoms with Crippen molar-refractivity contribution in [1.29, 1.82) is 0 Å². The van der Waals surface area contributed by atoms with Gasteiger partial charge in [-0.2, -0.15) is 0 Å². The van der Waals surface area contributed by atoms with Crippen LogP contribution in [0.5, 0.6) is 0 Å². The second kappa shape index (κ2) is 9.03. The average Bonchev–Trinajstić information content (AvgIpc) is 2.16. The van der Waals surface area contributed by atoms with E-state index in [1.165, 1.54) is 7.05 Å². The van der Waals surface area contributed by atoms with Crippen molar-refractivity contribution in [2.75, 3.05) is 7.05 Å². The van der Waals surface area contributed by atoms with E-state index in [0.29, 0.717) is 6.42 Å². The summed E-state index contributed by atoms with van der Waals surface area (Å²) in [7, 11) is 1.50. The minimum absolute atomic E-state index is 0.0718. The molecule has 13 heavy (non-hydrogen) atoms. The Balaban J connectivity index is 0. The standard InChI is InChI=1S/C7H13NO3.C2H6/c1-3-5(7(10)11)4-6(9)8-2;1-2/h5H,3-4H2,1-2H3,(H,8,9)(H,10,11);1-2H3. The summed E-state index contributed by atoms with van der Waals surface area (Å²) < 4.78 is 0. The van der Waals surface area contributed by atoms with E-state index in [0.717, 1.165) is 0 Å². The van der Waals surface area contributed by atoms with Gasteiger partial charge in [0.25, 0.3) is 0 Å². The number of carboxylic acids is 1.